The van der Waals surface area contributed by atoms with Crippen LogP contribution >= 0.6 is 0 Å². The van der Waals surface area contributed by atoms with Crippen molar-refractivity contribution in [1.82, 2.24) is 4.90 Å². The molecule has 0 saturated carbocycles. The number of aliphatic hydroxyl groups excluding tert-OH is 1. The van der Waals surface area contributed by atoms with Crippen LogP contribution in [-0.4, -0.2) is 36.8 Å². The van der Waals surface area contributed by atoms with Gasteiger partial charge in [0.15, 0.2) is 0 Å². The van der Waals surface area contributed by atoms with Crippen molar-refractivity contribution in [3.8, 4) is 5.75 Å². The largest absolute Gasteiger partial charge is 0.494 e. The number of nitrogens with zero attached hydrogens (tertiary/aromatic N) is 1. The smallest absolute Gasteiger partial charge is 0.123 e. The average molecular weight is 442 g/mol. The highest BCUT2D eigenvalue weighted by Gasteiger charge is 2.37. The van der Waals surface area contributed by atoms with Crippen molar-refractivity contribution >= 4 is 0 Å². The lowest BCUT2D eigenvalue weighted by molar-refractivity contribution is 0.0320. The zero-order chi connectivity index (χ0) is 23.1. The summed E-state index contributed by atoms with van der Waals surface area (Å²) in [6, 6.07) is 13.3. The van der Waals surface area contributed by atoms with E-state index >= 15 is 0 Å². The fraction of sp³-hybridized carbons (Fsp3) is 0.571. The lowest BCUT2D eigenvalue weighted by Crippen LogP contribution is -2.35. The van der Waals surface area contributed by atoms with E-state index in [1.807, 2.05) is 0 Å². The van der Waals surface area contributed by atoms with E-state index in [1.54, 1.807) is 12.1 Å². The van der Waals surface area contributed by atoms with Crippen LogP contribution in [0.4, 0.5) is 4.39 Å². The Bertz CT molecular complexity index is 836. The van der Waals surface area contributed by atoms with E-state index < -0.39 is 6.10 Å². The normalized spacial score (nSPS) is 20.6. The van der Waals surface area contributed by atoms with Gasteiger partial charge >= 0.3 is 0 Å². The number of halogens is 1. The van der Waals surface area contributed by atoms with Gasteiger partial charge in [-0.1, -0.05) is 45.4 Å². The Kier molecular flexibility index (Phi) is 9.12. The molecule has 2 aromatic carbocycles. The summed E-state index contributed by atoms with van der Waals surface area (Å²) < 4.78 is 19.5. The van der Waals surface area contributed by atoms with Crippen LogP contribution in [0.25, 0.3) is 0 Å². The second-order valence-electron chi connectivity index (χ2n) is 9.75. The van der Waals surface area contributed by atoms with Gasteiger partial charge in [-0.25, -0.2) is 4.39 Å². The average Bonchev–Trinajstić information content (AvgIpc) is 2.77. The Morgan fingerprint density at radius 2 is 1.88 bits per heavy atom. The Balaban J connectivity index is 1.52. The third-order valence-electron chi connectivity index (χ3n) is 7.01. The molecule has 176 valence electrons. The number of aliphatic hydroxyl groups is 1. The minimum Gasteiger partial charge on any atom is -0.494 e. The molecule has 1 unspecified atom stereocenters. The minimum atomic E-state index is -0.514. The number of hydrogen-bond donors (Lipinski definition) is 1. The maximum Gasteiger partial charge on any atom is 0.123 e. The molecule has 3 atom stereocenters. The van der Waals surface area contributed by atoms with Gasteiger partial charge in [-0.2, -0.15) is 0 Å². The topological polar surface area (TPSA) is 32.7 Å². The minimum absolute atomic E-state index is 0.204. The zero-order valence-electron chi connectivity index (χ0n) is 20.2. The fourth-order valence-corrected chi connectivity index (χ4v) is 4.90. The standard InChI is InChI=1S/C28H40FNO2/c1-5-6-17-32-24-10-7-21(8-11-24)13-15-30(4)16-14-26-27(20(2)3)19-22-18-23(29)9-12-25(22)28(26)31/h7-12,18,20,26-28,31H,5-6,13-17,19H2,1-4H3/t26-,27?,28+/m1/s1. The number of hydrogen-bond acceptors (Lipinski definition) is 3. The first-order valence-electron chi connectivity index (χ1n) is 12.3. The Labute approximate surface area is 193 Å². The molecule has 0 saturated heterocycles. The summed E-state index contributed by atoms with van der Waals surface area (Å²) in [6.07, 6.45) is 4.51. The molecular weight excluding hydrogens is 401 g/mol. The molecule has 3 rings (SSSR count). The van der Waals surface area contributed by atoms with Crippen molar-refractivity contribution in [3.05, 3.63) is 65.0 Å². The van der Waals surface area contributed by atoms with Crippen molar-refractivity contribution in [3.63, 3.8) is 0 Å². The lowest BCUT2D eigenvalue weighted by atomic mass is 9.68. The van der Waals surface area contributed by atoms with E-state index in [2.05, 4.69) is 57.0 Å². The first kappa shape index (κ1) is 24.7. The van der Waals surface area contributed by atoms with Crippen LogP contribution in [0.1, 0.15) is 62.8 Å². The highest BCUT2D eigenvalue weighted by Crippen LogP contribution is 2.43. The predicted molar refractivity (Wildman–Crippen MR) is 130 cm³/mol. The molecular formula is C28H40FNO2. The quantitative estimate of drug-likeness (QED) is 0.431. The number of benzene rings is 2. The van der Waals surface area contributed by atoms with Crippen molar-refractivity contribution in [1.29, 1.82) is 0 Å². The maximum absolute atomic E-state index is 13.7. The molecule has 4 heteroatoms. The summed E-state index contributed by atoms with van der Waals surface area (Å²) in [5.74, 6) is 1.76. The molecule has 2 aromatic rings. The molecule has 1 N–H and O–H groups in total. The number of ether oxygens (including phenoxy) is 1. The Morgan fingerprint density at radius 3 is 2.56 bits per heavy atom. The van der Waals surface area contributed by atoms with E-state index in [-0.39, 0.29) is 11.7 Å². The van der Waals surface area contributed by atoms with Crippen LogP contribution in [0.2, 0.25) is 0 Å². The predicted octanol–water partition coefficient (Wildman–Crippen LogP) is 6.05. The van der Waals surface area contributed by atoms with Gasteiger partial charge in [0.25, 0.3) is 0 Å². The fourth-order valence-electron chi connectivity index (χ4n) is 4.90. The van der Waals surface area contributed by atoms with Crippen molar-refractivity contribution in [2.24, 2.45) is 17.8 Å². The molecule has 0 aromatic heterocycles. The summed E-state index contributed by atoms with van der Waals surface area (Å²) in [7, 11) is 2.16. The molecule has 0 radical (unpaired) electrons. The SMILES string of the molecule is CCCCOc1ccc(CCN(C)CC[C@@H]2C(C(C)C)Cc3cc(F)ccc3[C@@H]2O)cc1. The van der Waals surface area contributed by atoms with Gasteiger partial charge in [-0.15, -0.1) is 0 Å². The van der Waals surface area contributed by atoms with Crippen molar-refractivity contribution in [2.75, 3.05) is 26.7 Å². The molecule has 0 heterocycles. The van der Waals surface area contributed by atoms with Crippen LogP contribution < -0.4 is 4.74 Å². The molecule has 3 nitrogen and oxygen atoms in total. The third-order valence-corrected chi connectivity index (χ3v) is 7.01. The molecule has 1 aliphatic carbocycles. The highest BCUT2D eigenvalue weighted by molar-refractivity contribution is 5.33. The molecule has 0 amide bonds. The maximum atomic E-state index is 13.7. The van der Waals surface area contributed by atoms with Gasteiger partial charge in [0.05, 0.1) is 12.7 Å². The van der Waals surface area contributed by atoms with E-state index in [1.165, 1.54) is 11.6 Å². The van der Waals surface area contributed by atoms with Gasteiger partial charge in [0.1, 0.15) is 11.6 Å². The number of unbranched alkanes of at least 4 members (excludes halogenated alkanes) is 1. The van der Waals surface area contributed by atoms with E-state index in [9.17, 15) is 9.50 Å². The second-order valence-corrected chi connectivity index (χ2v) is 9.75. The molecule has 0 spiro atoms. The molecule has 1 aliphatic rings. The van der Waals surface area contributed by atoms with Crippen molar-refractivity contribution < 1.29 is 14.2 Å². The van der Waals surface area contributed by atoms with Crippen LogP contribution in [0.15, 0.2) is 42.5 Å². The molecule has 0 bridgehead atoms. The Morgan fingerprint density at radius 1 is 1.12 bits per heavy atom. The van der Waals surface area contributed by atoms with Gasteiger partial charge in [0.2, 0.25) is 0 Å². The van der Waals surface area contributed by atoms with Crippen molar-refractivity contribution in [2.45, 2.75) is 59.0 Å². The van der Waals surface area contributed by atoms with Crippen LogP contribution in [-0.2, 0) is 12.8 Å². The first-order valence-corrected chi connectivity index (χ1v) is 12.3. The zero-order valence-corrected chi connectivity index (χ0v) is 20.2. The number of fused-ring (bicyclic) bond motifs is 1. The van der Waals surface area contributed by atoms with Gasteiger partial charge < -0.3 is 14.7 Å². The van der Waals surface area contributed by atoms with Crippen LogP contribution in [0, 0.1) is 23.6 Å². The molecule has 32 heavy (non-hydrogen) atoms. The Hall–Kier alpha value is -1.91. The summed E-state index contributed by atoms with van der Waals surface area (Å²) in [5.41, 5.74) is 3.20. The summed E-state index contributed by atoms with van der Waals surface area (Å²) in [5, 5.41) is 11.1. The molecule has 0 aliphatic heterocycles. The number of rotatable bonds is 11. The lowest BCUT2D eigenvalue weighted by Gasteiger charge is -2.40. The van der Waals surface area contributed by atoms with Crippen LogP contribution in [0.5, 0.6) is 5.75 Å². The number of likely N-dealkylation sites (N-methyl/N-ethyl adjacent to an activating group) is 1. The van der Waals surface area contributed by atoms with E-state index in [0.717, 1.165) is 68.7 Å². The summed E-state index contributed by atoms with van der Waals surface area (Å²) in [4.78, 5) is 2.36. The van der Waals surface area contributed by atoms with Crippen LogP contribution in [0.3, 0.4) is 0 Å². The summed E-state index contributed by atoms with van der Waals surface area (Å²) >= 11 is 0. The molecule has 0 fully saturated rings. The first-order chi connectivity index (χ1) is 15.4. The second kappa shape index (κ2) is 11.8. The van der Waals surface area contributed by atoms with Gasteiger partial charge in [-0.3, -0.25) is 0 Å². The van der Waals surface area contributed by atoms with E-state index in [0.29, 0.717) is 11.8 Å². The summed E-state index contributed by atoms with van der Waals surface area (Å²) in [6.45, 7) is 9.30. The van der Waals surface area contributed by atoms with E-state index in [4.69, 9.17) is 4.74 Å². The monoisotopic (exact) mass is 441 g/mol. The third kappa shape index (κ3) is 6.55. The van der Waals surface area contributed by atoms with Gasteiger partial charge in [0, 0.05) is 6.54 Å². The van der Waals surface area contributed by atoms with Gasteiger partial charge in [-0.05, 0) is 98.0 Å². The highest BCUT2D eigenvalue weighted by atomic mass is 19.1.